The third-order valence-electron chi connectivity index (χ3n) is 3.59. The van der Waals surface area contributed by atoms with Gasteiger partial charge in [0.15, 0.2) is 0 Å². The molecule has 0 aromatic heterocycles. The number of halogens is 1. The highest BCUT2D eigenvalue weighted by Crippen LogP contribution is 2.41. The first-order valence-corrected chi connectivity index (χ1v) is 7.44. The Labute approximate surface area is 131 Å². The van der Waals surface area contributed by atoms with Crippen molar-refractivity contribution in [1.82, 2.24) is 4.90 Å². The summed E-state index contributed by atoms with van der Waals surface area (Å²) in [5.74, 6) is -0.0720. The van der Waals surface area contributed by atoms with Crippen LogP contribution in [0.2, 0.25) is 0 Å². The van der Waals surface area contributed by atoms with Crippen LogP contribution >= 0.6 is 15.9 Å². The minimum Gasteiger partial charge on any atom is -0.329 e. The molecule has 1 heterocycles. The van der Waals surface area contributed by atoms with Crippen molar-refractivity contribution < 1.29 is 9.72 Å². The van der Waals surface area contributed by atoms with E-state index in [1.54, 1.807) is 17.0 Å². The number of nitro groups is 1. The van der Waals surface area contributed by atoms with Gasteiger partial charge in [0, 0.05) is 28.5 Å². The maximum Gasteiger partial charge on any atom is 0.275 e. The fraction of sp³-hybridized carbons (Fsp3) is 0.500. The second kappa shape index (κ2) is 5.38. The maximum absolute atomic E-state index is 12.2. The number of carbonyl (C=O) groups excluding carboxylic acids is 1. The first kappa shape index (κ1) is 15.9. The lowest BCUT2D eigenvalue weighted by Gasteiger charge is -2.38. The summed E-state index contributed by atoms with van der Waals surface area (Å²) in [4.78, 5) is 24.8. The molecular weight excluding hydrogens is 338 g/mol. The quantitative estimate of drug-likeness (QED) is 0.652. The molecule has 6 nitrogen and oxygen atoms in total. The molecule has 0 radical (unpaired) electrons. The van der Waals surface area contributed by atoms with Crippen molar-refractivity contribution in [2.45, 2.75) is 44.8 Å². The van der Waals surface area contributed by atoms with Crippen LogP contribution in [0.25, 0.3) is 0 Å². The van der Waals surface area contributed by atoms with Gasteiger partial charge in [-0.15, -0.1) is 0 Å². The van der Waals surface area contributed by atoms with Crippen LogP contribution < -0.4 is 5.73 Å². The van der Waals surface area contributed by atoms with E-state index >= 15 is 0 Å². The topological polar surface area (TPSA) is 89.5 Å². The van der Waals surface area contributed by atoms with Crippen molar-refractivity contribution in [1.29, 1.82) is 0 Å². The van der Waals surface area contributed by atoms with Crippen LogP contribution in [0.3, 0.4) is 0 Å². The number of carbonyl (C=O) groups is 1. The molecule has 1 aromatic carbocycles. The van der Waals surface area contributed by atoms with E-state index in [0.717, 1.165) is 0 Å². The number of likely N-dealkylation sites (tertiary alicyclic amines) is 1. The van der Waals surface area contributed by atoms with E-state index in [0.29, 0.717) is 10.0 Å². The Morgan fingerprint density at radius 2 is 2.05 bits per heavy atom. The van der Waals surface area contributed by atoms with Gasteiger partial charge in [0.05, 0.1) is 16.5 Å². The largest absolute Gasteiger partial charge is 0.329 e. The van der Waals surface area contributed by atoms with E-state index in [2.05, 4.69) is 15.9 Å². The molecular formula is C14H18BrN3O3. The zero-order valence-electron chi connectivity index (χ0n) is 12.2. The minimum absolute atomic E-state index is 0.0197. The first-order chi connectivity index (χ1) is 9.62. The Morgan fingerprint density at radius 1 is 1.43 bits per heavy atom. The second-order valence-corrected chi connectivity index (χ2v) is 7.12. The van der Waals surface area contributed by atoms with Crippen LogP contribution in [0.5, 0.6) is 0 Å². The molecule has 1 saturated heterocycles. The SMILES string of the molecule is CC(C)(C)N1C(=O)CC(N)C1c1ccc(Br)cc1[N+](=O)[O-]. The number of hydrogen-bond acceptors (Lipinski definition) is 4. The van der Waals surface area contributed by atoms with Crippen molar-refractivity contribution in [3.8, 4) is 0 Å². The Hall–Kier alpha value is -1.47. The molecule has 0 saturated carbocycles. The number of nitrogens with two attached hydrogens (primary N) is 1. The molecule has 1 aromatic rings. The number of rotatable bonds is 2. The standard InChI is InChI=1S/C14H18BrN3O3/c1-14(2,3)17-12(19)7-10(16)13(17)9-5-4-8(15)6-11(9)18(20)21/h4-6,10,13H,7,16H2,1-3H3. The van der Waals surface area contributed by atoms with E-state index in [1.807, 2.05) is 20.8 Å². The van der Waals surface area contributed by atoms with Crippen molar-refractivity contribution in [2.75, 3.05) is 0 Å². The summed E-state index contributed by atoms with van der Waals surface area (Å²) in [5.41, 5.74) is 6.11. The molecule has 7 heteroatoms. The normalized spacial score (nSPS) is 22.7. The number of nitro benzene ring substituents is 1. The van der Waals surface area contributed by atoms with Gasteiger partial charge in [-0.2, -0.15) is 0 Å². The van der Waals surface area contributed by atoms with Gasteiger partial charge in [0.2, 0.25) is 5.91 Å². The predicted octanol–water partition coefficient (Wildman–Crippen LogP) is 2.76. The summed E-state index contributed by atoms with van der Waals surface area (Å²) >= 11 is 3.24. The van der Waals surface area contributed by atoms with Gasteiger partial charge >= 0.3 is 0 Å². The third-order valence-corrected chi connectivity index (χ3v) is 4.09. The third kappa shape index (κ3) is 2.94. The van der Waals surface area contributed by atoms with Crippen LogP contribution in [0.4, 0.5) is 5.69 Å². The van der Waals surface area contributed by atoms with E-state index < -0.39 is 22.5 Å². The smallest absolute Gasteiger partial charge is 0.275 e. The molecule has 1 aliphatic rings. The fourth-order valence-electron chi connectivity index (χ4n) is 2.84. The van der Waals surface area contributed by atoms with Gasteiger partial charge < -0.3 is 10.6 Å². The van der Waals surface area contributed by atoms with Crippen molar-refractivity contribution in [3.63, 3.8) is 0 Å². The lowest BCUT2D eigenvalue weighted by Crippen LogP contribution is -2.45. The minimum atomic E-state index is -0.481. The maximum atomic E-state index is 12.2. The highest BCUT2D eigenvalue weighted by Gasteiger charge is 2.46. The van der Waals surface area contributed by atoms with Gasteiger partial charge in [0.1, 0.15) is 0 Å². The van der Waals surface area contributed by atoms with Gasteiger partial charge in [-0.1, -0.05) is 15.9 Å². The lowest BCUT2D eigenvalue weighted by atomic mass is 9.95. The zero-order chi connectivity index (χ0) is 15.9. The van der Waals surface area contributed by atoms with E-state index in [1.165, 1.54) is 6.07 Å². The van der Waals surface area contributed by atoms with Crippen LogP contribution in [-0.4, -0.2) is 27.3 Å². The van der Waals surface area contributed by atoms with Gasteiger partial charge in [0.25, 0.3) is 5.69 Å². The highest BCUT2D eigenvalue weighted by molar-refractivity contribution is 9.10. The van der Waals surface area contributed by atoms with Crippen molar-refractivity contribution >= 4 is 27.5 Å². The molecule has 1 amide bonds. The van der Waals surface area contributed by atoms with E-state index in [9.17, 15) is 14.9 Å². The Balaban J connectivity index is 2.58. The van der Waals surface area contributed by atoms with Gasteiger partial charge in [-0.3, -0.25) is 14.9 Å². The number of benzene rings is 1. The van der Waals surface area contributed by atoms with E-state index in [-0.39, 0.29) is 18.0 Å². The van der Waals surface area contributed by atoms with Gasteiger partial charge in [-0.25, -0.2) is 0 Å². The monoisotopic (exact) mass is 355 g/mol. The predicted molar refractivity (Wildman–Crippen MR) is 82.7 cm³/mol. The molecule has 0 spiro atoms. The molecule has 1 aliphatic heterocycles. The second-order valence-electron chi connectivity index (χ2n) is 6.21. The summed E-state index contributed by atoms with van der Waals surface area (Å²) in [7, 11) is 0. The first-order valence-electron chi connectivity index (χ1n) is 6.64. The van der Waals surface area contributed by atoms with Crippen LogP contribution in [-0.2, 0) is 4.79 Å². The molecule has 114 valence electrons. The average Bonchev–Trinajstić information content (AvgIpc) is 2.63. The molecule has 2 rings (SSSR count). The number of nitrogens with zero attached hydrogens (tertiary/aromatic N) is 2. The van der Waals surface area contributed by atoms with Crippen molar-refractivity contribution in [2.24, 2.45) is 5.73 Å². The average molecular weight is 356 g/mol. The summed E-state index contributed by atoms with van der Waals surface area (Å²) < 4.78 is 0.623. The molecule has 2 unspecified atom stereocenters. The molecule has 0 aliphatic carbocycles. The highest BCUT2D eigenvalue weighted by atomic mass is 79.9. The van der Waals surface area contributed by atoms with Crippen molar-refractivity contribution in [3.05, 3.63) is 38.3 Å². The molecule has 21 heavy (non-hydrogen) atoms. The summed E-state index contributed by atoms with van der Waals surface area (Å²) in [6, 6.07) is 3.93. The van der Waals surface area contributed by atoms with Gasteiger partial charge in [-0.05, 0) is 32.9 Å². The Bertz CT molecular complexity index is 598. The summed E-state index contributed by atoms with van der Waals surface area (Å²) in [6.45, 7) is 5.71. The Kier molecular flexibility index (Phi) is 4.08. The summed E-state index contributed by atoms with van der Waals surface area (Å²) in [6.07, 6.45) is 0.204. The van der Waals surface area contributed by atoms with Crippen LogP contribution in [0.1, 0.15) is 38.8 Å². The Morgan fingerprint density at radius 3 is 2.57 bits per heavy atom. The molecule has 1 fully saturated rings. The van der Waals surface area contributed by atoms with E-state index in [4.69, 9.17) is 5.73 Å². The van der Waals surface area contributed by atoms with Crippen LogP contribution in [0, 0.1) is 10.1 Å². The molecule has 2 atom stereocenters. The molecule has 0 bridgehead atoms. The van der Waals surface area contributed by atoms with Crippen LogP contribution in [0.15, 0.2) is 22.7 Å². The summed E-state index contributed by atoms with van der Waals surface area (Å²) in [5, 5.41) is 11.3. The number of amides is 1. The fourth-order valence-corrected chi connectivity index (χ4v) is 3.19. The lowest BCUT2D eigenvalue weighted by molar-refractivity contribution is -0.386. The molecule has 2 N–H and O–H groups in total. The number of hydrogen-bond donors (Lipinski definition) is 1. The zero-order valence-corrected chi connectivity index (χ0v) is 13.8.